The lowest BCUT2D eigenvalue weighted by molar-refractivity contribution is -0.138. The molecule has 2 aromatic rings. The van der Waals surface area contributed by atoms with Gasteiger partial charge in [-0.25, -0.2) is 4.39 Å². The fraction of sp³-hybridized carbons (Fsp3) is 0.167. The van der Waals surface area contributed by atoms with Gasteiger partial charge in [0.2, 0.25) is 0 Å². The molecule has 2 nitrogen and oxygen atoms in total. The van der Waals surface area contributed by atoms with Crippen LogP contribution in [0.15, 0.2) is 42.7 Å². The molecule has 0 aliphatic rings. The summed E-state index contributed by atoms with van der Waals surface area (Å²) in [7, 11) is 0. The van der Waals surface area contributed by atoms with Gasteiger partial charge in [-0.2, -0.15) is 13.2 Å². The number of nitrogens with one attached hydrogen (secondary N) is 1. The van der Waals surface area contributed by atoms with Crippen LogP contribution in [0.1, 0.15) is 11.1 Å². The standard InChI is InChI=1S/C12H10F4N2/c13-10-4-3-9(11(7-10)12(14,15)16)8-17-18-5-1-2-6-18/h1-7,17H,8H2. The first-order valence-corrected chi connectivity index (χ1v) is 5.19. The third-order valence-corrected chi connectivity index (χ3v) is 2.43. The number of halogens is 4. The summed E-state index contributed by atoms with van der Waals surface area (Å²) in [5.74, 6) is -0.896. The van der Waals surface area contributed by atoms with E-state index < -0.39 is 17.6 Å². The van der Waals surface area contributed by atoms with E-state index in [4.69, 9.17) is 0 Å². The Morgan fingerprint density at radius 2 is 1.78 bits per heavy atom. The average Bonchev–Trinajstić information content (AvgIpc) is 2.79. The normalized spacial score (nSPS) is 11.6. The van der Waals surface area contributed by atoms with Crippen LogP contribution in [-0.2, 0) is 12.7 Å². The first kappa shape index (κ1) is 12.5. The topological polar surface area (TPSA) is 17.0 Å². The highest BCUT2D eigenvalue weighted by atomic mass is 19.4. The van der Waals surface area contributed by atoms with Crippen molar-refractivity contribution in [3.8, 4) is 0 Å². The molecule has 0 radical (unpaired) electrons. The lowest BCUT2D eigenvalue weighted by Crippen LogP contribution is -2.16. The molecule has 6 heteroatoms. The zero-order chi connectivity index (χ0) is 13.2. The van der Waals surface area contributed by atoms with Gasteiger partial charge in [0.25, 0.3) is 0 Å². The minimum Gasteiger partial charge on any atom is -0.322 e. The summed E-state index contributed by atoms with van der Waals surface area (Å²) >= 11 is 0. The molecule has 0 unspecified atom stereocenters. The van der Waals surface area contributed by atoms with E-state index in [1.54, 1.807) is 24.5 Å². The summed E-state index contributed by atoms with van der Waals surface area (Å²) in [6, 6.07) is 6.13. The maximum absolute atomic E-state index is 12.9. The van der Waals surface area contributed by atoms with Crippen LogP contribution in [0, 0.1) is 5.82 Å². The van der Waals surface area contributed by atoms with Crippen LogP contribution >= 0.6 is 0 Å². The highest BCUT2D eigenvalue weighted by molar-refractivity contribution is 5.31. The highest BCUT2D eigenvalue weighted by Crippen LogP contribution is 2.32. The van der Waals surface area contributed by atoms with Crippen molar-refractivity contribution in [2.45, 2.75) is 12.7 Å². The van der Waals surface area contributed by atoms with Crippen LogP contribution in [0.25, 0.3) is 0 Å². The quantitative estimate of drug-likeness (QED) is 0.835. The van der Waals surface area contributed by atoms with E-state index in [2.05, 4.69) is 5.43 Å². The van der Waals surface area contributed by atoms with Crippen molar-refractivity contribution in [3.63, 3.8) is 0 Å². The van der Waals surface area contributed by atoms with Gasteiger partial charge in [0.1, 0.15) is 5.82 Å². The van der Waals surface area contributed by atoms with Crippen molar-refractivity contribution in [1.29, 1.82) is 0 Å². The number of hydrogen-bond acceptors (Lipinski definition) is 1. The second kappa shape index (κ2) is 4.72. The van der Waals surface area contributed by atoms with Gasteiger partial charge in [0.15, 0.2) is 0 Å². The average molecular weight is 258 g/mol. The highest BCUT2D eigenvalue weighted by Gasteiger charge is 2.33. The molecule has 0 fully saturated rings. The molecule has 96 valence electrons. The fourth-order valence-electron chi connectivity index (χ4n) is 1.58. The summed E-state index contributed by atoms with van der Waals surface area (Å²) in [5, 5.41) is 0. The number of hydrogen-bond donors (Lipinski definition) is 1. The molecule has 0 bridgehead atoms. The van der Waals surface area contributed by atoms with Crippen molar-refractivity contribution in [2.24, 2.45) is 0 Å². The minimum atomic E-state index is -4.56. The number of rotatable bonds is 3. The third kappa shape index (κ3) is 2.82. The molecule has 1 aromatic carbocycles. The number of alkyl halides is 3. The van der Waals surface area contributed by atoms with E-state index >= 15 is 0 Å². The smallest absolute Gasteiger partial charge is 0.322 e. The Labute approximate surface area is 101 Å². The van der Waals surface area contributed by atoms with Crippen molar-refractivity contribution in [2.75, 3.05) is 5.43 Å². The lowest BCUT2D eigenvalue weighted by Gasteiger charge is -2.14. The van der Waals surface area contributed by atoms with Gasteiger partial charge in [0.05, 0.1) is 12.1 Å². The summed E-state index contributed by atoms with van der Waals surface area (Å²) in [5.41, 5.74) is 1.81. The predicted molar refractivity (Wildman–Crippen MR) is 58.9 cm³/mol. The van der Waals surface area contributed by atoms with Gasteiger partial charge in [-0.05, 0) is 29.8 Å². The Hall–Kier alpha value is -1.98. The summed E-state index contributed by atoms with van der Waals surface area (Å²) in [6.07, 6.45) is -1.23. The van der Waals surface area contributed by atoms with Crippen molar-refractivity contribution >= 4 is 0 Å². The van der Waals surface area contributed by atoms with Crippen LogP contribution < -0.4 is 5.43 Å². The second-order valence-electron chi connectivity index (χ2n) is 3.72. The van der Waals surface area contributed by atoms with Crippen molar-refractivity contribution < 1.29 is 17.6 Å². The molecule has 18 heavy (non-hydrogen) atoms. The maximum Gasteiger partial charge on any atom is 0.416 e. The van der Waals surface area contributed by atoms with Gasteiger partial charge in [-0.1, -0.05) is 6.07 Å². The zero-order valence-electron chi connectivity index (χ0n) is 9.21. The molecule has 0 amide bonds. The first-order chi connectivity index (χ1) is 8.47. The molecule has 0 atom stereocenters. The summed E-state index contributed by atoms with van der Waals surface area (Å²) in [6.45, 7) is -0.0379. The van der Waals surface area contributed by atoms with Gasteiger partial charge in [0, 0.05) is 12.4 Å². The summed E-state index contributed by atoms with van der Waals surface area (Å²) < 4.78 is 52.5. The van der Waals surface area contributed by atoms with Crippen LogP contribution in [0.2, 0.25) is 0 Å². The van der Waals surface area contributed by atoms with E-state index in [9.17, 15) is 17.6 Å². The molecule has 1 N–H and O–H groups in total. The second-order valence-corrected chi connectivity index (χ2v) is 3.72. The molecule has 0 spiro atoms. The zero-order valence-corrected chi connectivity index (χ0v) is 9.21. The monoisotopic (exact) mass is 258 g/mol. The molecular weight excluding hydrogens is 248 g/mol. The molecule has 1 heterocycles. The largest absolute Gasteiger partial charge is 0.416 e. The van der Waals surface area contributed by atoms with Crippen LogP contribution in [0.4, 0.5) is 17.6 Å². The first-order valence-electron chi connectivity index (χ1n) is 5.19. The minimum absolute atomic E-state index is 0.00222. The van der Waals surface area contributed by atoms with E-state index in [0.29, 0.717) is 6.07 Å². The Balaban J connectivity index is 2.22. The SMILES string of the molecule is Fc1ccc(CNn2cccc2)c(C(F)(F)F)c1. The molecular formula is C12H10F4N2. The van der Waals surface area contributed by atoms with E-state index in [-0.39, 0.29) is 12.1 Å². The van der Waals surface area contributed by atoms with E-state index in [0.717, 1.165) is 12.1 Å². The predicted octanol–water partition coefficient (Wildman–Crippen LogP) is 3.39. The van der Waals surface area contributed by atoms with Gasteiger partial charge < -0.3 is 5.43 Å². The van der Waals surface area contributed by atoms with Gasteiger partial charge in [-0.15, -0.1) is 0 Å². The van der Waals surface area contributed by atoms with Crippen molar-refractivity contribution in [1.82, 2.24) is 4.68 Å². The van der Waals surface area contributed by atoms with E-state index in [1.165, 1.54) is 4.68 Å². The fourth-order valence-corrected chi connectivity index (χ4v) is 1.58. The maximum atomic E-state index is 12.9. The van der Waals surface area contributed by atoms with Crippen molar-refractivity contribution in [3.05, 3.63) is 59.7 Å². The Morgan fingerprint density at radius 3 is 2.39 bits per heavy atom. The van der Waals surface area contributed by atoms with Gasteiger partial charge in [-0.3, -0.25) is 4.68 Å². The van der Waals surface area contributed by atoms with Gasteiger partial charge >= 0.3 is 6.18 Å². The summed E-state index contributed by atoms with van der Waals surface area (Å²) in [4.78, 5) is 0. The molecule has 0 saturated heterocycles. The molecule has 0 saturated carbocycles. The molecule has 0 aliphatic heterocycles. The Bertz CT molecular complexity index is 517. The molecule has 0 aliphatic carbocycles. The number of aromatic nitrogens is 1. The number of benzene rings is 1. The van der Waals surface area contributed by atoms with Crippen LogP contribution in [0.5, 0.6) is 0 Å². The Kier molecular flexibility index (Phi) is 3.27. The van der Waals surface area contributed by atoms with E-state index in [1.807, 2.05) is 0 Å². The molecule has 2 rings (SSSR count). The van der Waals surface area contributed by atoms with Crippen LogP contribution in [-0.4, -0.2) is 4.68 Å². The lowest BCUT2D eigenvalue weighted by atomic mass is 10.1. The Morgan fingerprint density at radius 1 is 1.11 bits per heavy atom. The molecule has 1 aromatic heterocycles. The third-order valence-electron chi connectivity index (χ3n) is 2.43. The van der Waals surface area contributed by atoms with Crippen LogP contribution in [0.3, 0.4) is 0 Å². The number of nitrogens with zero attached hydrogens (tertiary/aromatic N) is 1.